The standard InChI is InChI=1S/C12H9F3N2O/c1-8-3-2-4-10(5-8)17-11(12(13,14)15)9(7-18)6-16-17/h2-7H,1H3. The molecule has 0 aliphatic carbocycles. The van der Waals surface area contributed by atoms with Gasteiger partial charge in [-0.05, 0) is 24.6 Å². The lowest BCUT2D eigenvalue weighted by Gasteiger charge is -2.11. The lowest BCUT2D eigenvalue weighted by molar-refractivity contribution is -0.143. The van der Waals surface area contributed by atoms with Crippen molar-refractivity contribution in [3.05, 3.63) is 47.3 Å². The van der Waals surface area contributed by atoms with Crippen LogP contribution < -0.4 is 0 Å². The van der Waals surface area contributed by atoms with Gasteiger partial charge >= 0.3 is 6.18 Å². The molecule has 6 heteroatoms. The van der Waals surface area contributed by atoms with E-state index in [1.54, 1.807) is 25.1 Å². The van der Waals surface area contributed by atoms with Gasteiger partial charge < -0.3 is 0 Å². The Hall–Kier alpha value is -2.11. The van der Waals surface area contributed by atoms with Crippen LogP contribution in [0, 0.1) is 6.92 Å². The average molecular weight is 254 g/mol. The minimum Gasteiger partial charge on any atom is -0.298 e. The van der Waals surface area contributed by atoms with Gasteiger partial charge in [-0.2, -0.15) is 18.3 Å². The number of hydrogen-bond donors (Lipinski definition) is 0. The summed E-state index contributed by atoms with van der Waals surface area (Å²) in [6.07, 6.45) is -3.56. The summed E-state index contributed by atoms with van der Waals surface area (Å²) in [5, 5.41) is 3.63. The van der Waals surface area contributed by atoms with E-state index in [1.807, 2.05) is 0 Å². The van der Waals surface area contributed by atoms with Gasteiger partial charge in [0, 0.05) is 0 Å². The summed E-state index contributed by atoms with van der Waals surface area (Å²) in [5.74, 6) is 0. The van der Waals surface area contributed by atoms with Crippen LogP contribution in [0.1, 0.15) is 21.6 Å². The predicted molar refractivity (Wildman–Crippen MR) is 58.7 cm³/mol. The zero-order valence-corrected chi connectivity index (χ0v) is 9.40. The summed E-state index contributed by atoms with van der Waals surface area (Å²) in [6, 6.07) is 6.47. The van der Waals surface area contributed by atoms with E-state index in [0.717, 1.165) is 16.4 Å². The zero-order valence-electron chi connectivity index (χ0n) is 9.40. The van der Waals surface area contributed by atoms with Crippen LogP contribution in [0.5, 0.6) is 0 Å². The number of aldehydes is 1. The van der Waals surface area contributed by atoms with Crippen molar-refractivity contribution in [1.29, 1.82) is 0 Å². The summed E-state index contributed by atoms with van der Waals surface area (Å²) in [7, 11) is 0. The van der Waals surface area contributed by atoms with E-state index < -0.39 is 17.4 Å². The van der Waals surface area contributed by atoms with E-state index in [9.17, 15) is 18.0 Å². The fourth-order valence-electron chi connectivity index (χ4n) is 1.69. The second kappa shape index (κ2) is 4.29. The van der Waals surface area contributed by atoms with Crippen LogP contribution in [0.15, 0.2) is 30.5 Å². The second-order valence-electron chi connectivity index (χ2n) is 3.81. The van der Waals surface area contributed by atoms with Crippen molar-refractivity contribution < 1.29 is 18.0 Å². The molecule has 3 nitrogen and oxygen atoms in total. The minimum absolute atomic E-state index is 0.155. The summed E-state index contributed by atoms with van der Waals surface area (Å²) >= 11 is 0. The van der Waals surface area contributed by atoms with E-state index in [1.165, 1.54) is 6.07 Å². The summed E-state index contributed by atoms with van der Waals surface area (Å²) in [5.41, 5.74) is -0.439. The lowest BCUT2D eigenvalue weighted by Crippen LogP contribution is -2.15. The SMILES string of the molecule is Cc1cccc(-n2ncc(C=O)c2C(F)(F)F)c1. The van der Waals surface area contributed by atoms with Gasteiger partial charge in [-0.3, -0.25) is 4.79 Å². The van der Waals surface area contributed by atoms with Crippen LogP contribution in [0.3, 0.4) is 0 Å². The molecule has 0 saturated carbocycles. The van der Waals surface area contributed by atoms with Crippen molar-refractivity contribution in [3.8, 4) is 5.69 Å². The Balaban J connectivity index is 2.65. The van der Waals surface area contributed by atoms with Crippen LogP contribution in [-0.2, 0) is 6.18 Å². The number of rotatable bonds is 2. The third-order valence-electron chi connectivity index (χ3n) is 2.44. The van der Waals surface area contributed by atoms with Gasteiger partial charge in [-0.25, -0.2) is 4.68 Å². The topological polar surface area (TPSA) is 34.9 Å². The molecule has 0 bridgehead atoms. The van der Waals surface area contributed by atoms with E-state index in [4.69, 9.17) is 0 Å². The third kappa shape index (κ3) is 2.13. The highest BCUT2D eigenvalue weighted by atomic mass is 19.4. The first-order valence-corrected chi connectivity index (χ1v) is 5.11. The monoisotopic (exact) mass is 254 g/mol. The molecule has 0 amide bonds. The van der Waals surface area contributed by atoms with Crippen LogP contribution in [0.4, 0.5) is 13.2 Å². The van der Waals surface area contributed by atoms with E-state index in [0.29, 0.717) is 0 Å². The Labute approximate surface area is 101 Å². The first kappa shape index (κ1) is 12.3. The minimum atomic E-state index is -4.63. The normalized spacial score (nSPS) is 11.6. The molecule has 0 aliphatic rings. The van der Waals surface area contributed by atoms with E-state index >= 15 is 0 Å². The van der Waals surface area contributed by atoms with Crippen molar-refractivity contribution in [1.82, 2.24) is 9.78 Å². The molecule has 2 rings (SSSR count). The Morgan fingerprint density at radius 3 is 2.61 bits per heavy atom. The zero-order chi connectivity index (χ0) is 13.3. The van der Waals surface area contributed by atoms with Crippen molar-refractivity contribution in [2.45, 2.75) is 13.1 Å². The predicted octanol–water partition coefficient (Wildman–Crippen LogP) is 3.01. The van der Waals surface area contributed by atoms with Crippen molar-refractivity contribution in [3.63, 3.8) is 0 Å². The van der Waals surface area contributed by atoms with E-state index in [2.05, 4.69) is 5.10 Å². The second-order valence-corrected chi connectivity index (χ2v) is 3.81. The molecule has 94 valence electrons. The van der Waals surface area contributed by atoms with Crippen LogP contribution in [0.25, 0.3) is 5.69 Å². The fraction of sp³-hybridized carbons (Fsp3) is 0.167. The fourth-order valence-corrected chi connectivity index (χ4v) is 1.69. The number of aromatic nitrogens is 2. The molecule has 0 N–H and O–H groups in total. The highest BCUT2D eigenvalue weighted by Gasteiger charge is 2.38. The summed E-state index contributed by atoms with van der Waals surface area (Å²) < 4.78 is 39.4. The van der Waals surface area contributed by atoms with Crippen LogP contribution in [0.2, 0.25) is 0 Å². The largest absolute Gasteiger partial charge is 0.434 e. The molecule has 0 unspecified atom stereocenters. The van der Waals surface area contributed by atoms with Crippen molar-refractivity contribution in [2.75, 3.05) is 0 Å². The number of carbonyl (C=O) groups is 1. The number of halogens is 3. The summed E-state index contributed by atoms with van der Waals surface area (Å²) in [6.45, 7) is 1.76. The number of aryl methyl sites for hydroxylation is 1. The maximum absolute atomic E-state index is 12.9. The highest BCUT2D eigenvalue weighted by molar-refractivity contribution is 5.76. The van der Waals surface area contributed by atoms with Crippen molar-refractivity contribution >= 4 is 6.29 Å². The van der Waals surface area contributed by atoms with Gasteiger partial charge in [0.05, 0.1) is 17.4 Å². The molecule has 0 atom stereocenters. The molecule has 0 spiro atoms. The van der Waals surface area contributed by atoms with Crippen LogP contribution in [-0.4, -0.2) is 16.1 Å². The Bertz CT molecular complexity index is 587. The maximum atomic E-state index is 12.9. The third-order valence-corrected chi connectivity index (χ3v) is 2.44. The smallest absolute Gasteiger partial charge is 0.298 e. The number of benzene rings is 1. The number of hydrogen-bond acceptors (Lipinski definition) is 2. The number of carbonyl (C=O) groups excluding carboxylic acids is 1. The van der Waals surface area contributed by atoms with Gasteiger partial charge in [0.2, 0.25) is 0 Å². The number of nitrogens with zero attached hydrogens (tertiary/aromatic N) is 2. The summed E-state index contributed by atoms with van der Waals surface area (Å²) in [4.78, 5) is 10.6. The molecule has 0 aliphatic heterocycles. The molecular weight excluding hydrogens is 245 g/mol. The van der Waals surface area contributed by atoms with E-state index in [-0.39, 0.29) is 12.0 Å². The van der Waals surface area contributed by atoms with Crippen LogP contribution >= 0.6 is 0 Å². The molecule has 1 heterocycles. The molecule has 1 aromatic carbocycles. The quantitative estimate of drug-likeness (QED) is 0.772. The van der Waals surface area contributed by atoms with Crippen molar-refractivity contribution in [2.24, 2.45) is 0 Å². The van der Waals surface area contributed by atoms with Gasteiger partial charge in [-0.1, -0.05) is 12.1 Å². The molecule has 0 fully saturated rings. The Kier molecular flexibility index (Phi) is 2.94. The molecular formula is C12H9F3N2O. The maximum Gasteiger partial charge on any atom is 0.434 e. The van der Waals surface area contributed by atoms with Gasteiger partial charge in [0.1, 0.15) is 0 Å². The molecule has 0 saturated heterocycles. The van der Waals surface area contributed by atoms with Gasteiger partial charge in [0.15, 0.2) is 12.0 Å². The Morgan fingerprint density at radius 1 is 1.33 bits per heavy atom. The lowest BCUT2D eigenvalue weighted by atomic mass is 10.2. The number of alkyl halides is 3. The first-order chi connectivity index (χ1) is 8.43. The molecule has 1 aromatic heterocycles. The molecule has 2 aromatic rings. The first-order valence-electron chi connectivity index (χ1n) is 5.11. The average Bonchev–Trinajstić information content (AvgIpc) is 2.72. The molecule has 18 heavy (non-hydrogen) atoms. The van der Waals surface area contributed by atoms with Gasteiger partial charge in [0.25, 0.3) is 0 Å². The highest BCUT2D eigenvalue weighted by Crippen LogP contribution is 2.32. The molecule has 0 radical (unpaired) electrons. The van der Waals surface area contributed by atoms with Gasteiger partial charge in [-0.15, -0.1) is 0 Å². The Morgan fingerprint density at radius 2 is 2.06 bits per heavy atom.